The van der Waals surface area contributed by atoms with E-state index in [4.69, 9.17) is 11.6 Å². The van der Waals surface area contributed by atoms with E-state index in [1.807, 2.05) is 12.1 Å². The quantitative estimate of drug-likeness (QED) is 0.649. The molecule has 1 N–H and O–H groups in total. The Morgan fingerprint density at radius 2 is 2.33 bits per heavy atom. The maximum Gasteiger partial charge on any atom is 0.0456 e. The highest BCUT2D eigenvalue weighted by molar-refractivity contribution is 6.31. The van der Waals surface area contributed by atoms with Crippen LogP contribution in [0.15, 0.2) is 18.2 Å². The zero-order chi connectivity index (χ0) is 8.55. The van der Waals surface area contributed by atoms with E-state index in [1.54, 1.807) is 0 Å². The van der Waals surface area contributed by atoms with Crippen LogP contribution >= 0.6 is 11.6 Å². The molecule has 1 aromatic carbocycles. The maximum atomic E-state index is 6.10. The topological polar surface area (TPSA) is 12.0 Å². The Bertz CT molecular complexity index is 296. The minimum absolute atomic E-state index is 0.405. The molecule has 0 spiro atoms. The van der Waals surface area contributed by atoms with Gasteiger partial charge in [-0.3, -0.25) is 0 Å². The van der Waals surface area contributed by atoms with Crippen molar-refractivity contribution in [2.24, 2.45) is 0 Å². The molecule has 2 heteroatoms. The summed E-state index contributed by atoms with van der Waals surface area (Å²) in [7, 11) is 0. The van der Waals surface area contributed by atoms with Gasteiger partial charge < -0.3 is 5.32 Å². The lowest BCUT2D eigenvalue weighted by Crippen LogP contribution is -2.27. The molecule has 0 unspecified atom stereocenters. The smallest absolute Gasteiger partial charge is 0.0456 e. The van der Waals surface area contributed by atoms with Crippen LogP contribution in [0.25, 0.3) is 0 Å². The molecule has 0 saturated heterocycles. The molecule has 0 aliphatic carbocycles. The number of rotatable bonds is 0. The van der Waals surface area contributed by atoms with Gasteiger partial charge in [-0.2, -0.15) is 0 Å². The lowest BCUT2D eigenvalue weighted by molar-refractivity contribution is 0.541. The Hall–Kier alpha value is -0.530. The molecule has 0 bridgehead atoms. The van der Waals surface area contributed by atoms with E-state index in [1.165, 1.54) is 11.1 Å². The van der Waals surface area contributed by atoms with Crippen LogP contribution in [0.4, 0.5) is 0 Å². The SMILES string of the molecule is C[C@H]1NCCc2cccc(Cl)c21. The normalized spacial score (nSPS) is 22.0. The maximum absolute atomic E-state index is 6.10. The first-order valence-electron chi connectivity index (χ1n) is 4.29. The van der Waals surface area contributed by atoms with Gasteiger partial charge in [0.05, 0.1) is 0 Å². The van der Waals surface area contributed by atoms with E-state index in [0.29, 0.717) is 6.04 Å². The Morgan fingerprint density at radius 3 is 3.08 bits per heavy atom. The van der Waals surface area contributed by atoms with Crippen molar-refractivity contribution in [1.29, 1.82) is 0 Å². The molecule has 0 radical (unpaired) electrons. The van der Waals surface area contributed by atoms with Crippen LogP contribution in [0.5, 0.6) is 0 Å². The van der Waals surface area contributed by atoms with Gasteiger partial charge in [-0.05, 0) is 37.1 Å². The molecule has 2 rings (SSSR count). The second-order valence-electron chi connectivity index (χ2n) is 3.24. The first kappa shape index (κ1) is 8.09. The lowest BCUT2D eigenvalue weighted by atomic mass is 9.95. The summed E-state index contributed by atoms with van der Waals surface area (Å²) in [6.07, 6.45) is 1.10. The molecular weight excluding hydrogens is 170 g/mol. The highest BCUT2D eigenvalue weighted by Gasteiger charge is 2.17. The van der Waals surface area contributed by atoms with Gasteiger partial charge in [0.2, 0.25) is 0 Å². The fourth-order valence-electron chi connectivity index (χ4n) is 1.81. The van der Waals surface area contributed by atoms with Crippen molar-refractivity contribution in [3.8, 4) is 0 Å². The van der Waals surface area contributed by atoms with Crippen molar-refractivity contribution in [1.82, 2.24) is 5.32 Å². The van der Waals surface area contributed by atoms with Gasteiger partial charge in [-0.15, -0.1) is 0 Å². The van der Waals surface area contributed by atoms with Crippen LogP contribution in [-0.4, -0.2) is 6.54 Å². The van der Waals surface area contributed by atoms with E-state index in [-0.39, 0.29) is 0 Å². The number of benzene rings is 1. The summed E-state index contributed by atoms with van der Waals surface area (Å²) in [5.74, 6) is 0. The number of halogens is 1. The van der Waals surface area contributed by atoms with Crippen LogP contribution in [0.1, 0.15) is 24.1 Å². The summed E-state index contributed by atoms with van der Waals surface area (Å²) in [5, 5.41) is 4.29. The van der Waals surface area contributed by atoms with Crippen LogP contribution in [-0.2, 0) is 6.42 Å². The van der Waals surface area contributed by atoms with Gasteiger partial charge in [0, 0.05) is 11.1 Å². The Morgan fingerprint density at radius 1 is 1.50 bits per heavy atom. The number of hydrogen-bond donors (Lipinski definition) is 1. The Balaban J connectivity index is 2.53. The molecule has 12 heavy (non-hydrogen) atoms. The molecule has 1 aliphatic rings. The molecule has 1 nitrogen and oxygen atoms in total. The van der Waals surface area contributed by atoms with Gasteiger partial charge >= 0.3 is 0 Å². The van der Waals surface area contributed by atoms with Gasteiger partial charge in [0.25, 0.3) is 0 Å². The summed E-state index contributed by atoms with van der Waals surface area (Å²) in [4.78, 5) is 0. The van der Waals surface area contributed by atoms with Crippen LogP contribution < -0.4 is 5.32 Å². The molecule has 1 atom stereocenters. The summed E-state index contributed by atoms with van der Waals surface area (Å²) in [6, 6.07) is 6.56. The summed E-state index contributed by atoms with van der Waals surface area (Å²) < 4.78 is 0. The minimum Gasteiger partial charge on any atom is -0.310 e. The third-order valence-corrected chi connectivity index (χ3v) is 2.75. The first-order chi connectivity index (χ1) is 5.79. The Kier molecular flexibility index (Phi) is 2.07. The zero-order valence-electron chi connectivity index (χ0n) is 7.10. The average molecular weight is 182 g/mol. The van der Waals surface area contributed by atoms with Crippen molar-refractivity contribution >= 4 is 11.6 Å². The van der Waals surface area contributed by atoms with Gasteiger partial charge in [-0.25, -0.2) is 0 Å². The summed E-state index contributed by atoms with van der Waals surface area (Å²) >= 11 is 6.10. The van der Waals surface area contributed by atoms with Crippen molar-refractivity contribution < 1.29 is 0 Å². The second-order valence-corrected chi connectivity index (χ2v) is 3.65. The van der Waals surface area contributed by atoms with Crippen LogP contribution in [0.2, 0.25) is 5.02 Å². The van der Waals surface area contributed by atoms with Gasteiger partial charge in [0.1, 0.15) is 0 Å². The molecule has 0 amide bonds. The van der Waals surface area contributed by atoms with Crippen LogP contribution in [0, 0.1) is 0 Å². The second kappa shape index (κ2) is 3.08. The fourth-order valence-corrected chi connectivity index (χ4v) is 2.17. The van der Waals surface area contributed by atoms with E-state index in [9.17, 15) is 0 Å². The molecule has 64 valence electrons. The predicted octanol–water partition coefficient (Wildman–Crippen LogP) is 2.55. The Labute approximate surface area is 77.7 Å². The van der Waals surface area contributed by atoms with Gasteiger partial charge in [-0.1, -0.05) is 23.7 Å². The number of fused-ring (bicyclic) bond motifs is 1. The molecule has 1 aromatic rings. The minimum atomic E-state index is 0.405. The summed E-state index contributed by atoms with van der Waals surface area (Å²) in [6.45, 7) is 3.22. The standard InChI is InChI=1S/C10H12ClN/c1-7-10-8(5-6-12-7)3-2-4-9(10)11/h2-4,7,12H,5-6H2,1H3/t7-/m1/s1. The van der Waals surface area contributed by atoms with E-state index >= 15 is 0 Å². The van der Waals surface area contributed by atoms with Crippen molar-refractivity contribution in [2.45, 2.75) is 19.4 Å². The van der Waals surface area contributed by atoms with Crippen molar-refractivity contribution in [3.05, 3.63) is 34.3 Å². The van der Waals surface area contributed by atoms with E-state index in [0.717, 1.165) is 18.0 Å². The molecule has 1 heterocycles. The third kappa shape index (κ3) is 1.23. The molecule has 0 saturated carbocycles. The monoisotopic (exact) mass is 181 g/mol. The zero-order valence-corrected chi connectivity index (χ0v) is 7.86. The lowest BCUT2D eigenvalue weighted by Gasteiger charge is -2.24. The summed E-state index contributed by atoms with van der Waals surface area (Å²) in [5.41, 5.74) is 2.68. The highest BCUT2D eigenvalue weighted by Crippen LogP contribution is 2.29. The molecule has 0 fully saturated rings. The van der Waals surface area contributed by atoms with Crippen LogP contribution in [0.3, 0.4) is 0 Å². The number of hydrogen-bond acceptors (Lipinski definition) is 1. The molecule has 0 aromatic heterocycles. The number of nitrogens with one attached hydrogen (secondary N) is 1. The third-order valence-electron chi connectivity index (χ3n) is 2.42. The van der Waals surface area contributed by atoms with Crippen molar-refractivity contribution in [3.63, 3.8) is 0 Å². The fraction of sp³-hybridized carbons (Fsp3) is 0.400. The predicted molar refractivity (Wildman–Crippen MR) is 51.6 cm³/mol. The first-order valence-corrected chi connectivity index (χ1v) is 4.67. The molecule has 1 aliphatic heterocycles. The molecular formula is C10H12ClN. The van der Waals surface area contributed by atoms with E-state index in [2.05, 4.69) is 18.3 Å². The van der Waals surface area contributed by atoms with Crippen molar-refractivity contribution in [2.75, 3.05) is 6.54 Å². The average Bonchev–Trinajstić information content (AvgIpc) is 2.04. The van der Waals surface area contributed by atoms with Gasteiger partial charge in [0.15, 0.2) is 0 Å². The highest BCUT2D eigenvalue weighted by atomic mass is 35.5. The largest absolute Gasteiger partial charge is 0.310 e. The van der Waals surface area contributed by atoms with E-state index < -0.39 is 0 Å².